The molecule has 1 aromatic carbocycles. The van der Waals surface area contributed by atoms with Crippen LogP contribution in [0.1, 0.15) is 43.5 Å². The maximum atomic E-state index is 13.0. The Bertz CT molecular complexity index is 718. The topological polar surface area (TPSA) is 59.1 Å². The van der Waals surface area contributed by atoms with Gasteiger partial charge in [-0.15, -0.1) is 0 Å². The van der Waals surface area contributed by atoms with E-state index in [0.29, 0.717) is 35.3 Å². The van der Waals surface area contributed by atoms with Crippen LogP contribution in [0.2, 0.25) is 0 Å². The minimum atomic E-state index is -0.0206. The Hall–Kier alpha value is -2.24. The Morgan fingerprint density at radius 2 is 1.93 bits per heavy atom. The van der Waals surface area contributed by atoms with Crippen molar-refractivity contribution in [3.05, 3.63) is 23.8 Å². The number of rotatable bonds is 5. The fourth-order valence-corrected chi connectivity index (χ4v) is 4.32. The molecule has 2 fully saturated rings. The Labute approximate surface area is 161 Å². The van der Waals surface area contributed by atoms with Gasteiger partial charge in [-0.25, -0.2) is 0 Å². The highest BCUT2D eigenvalue weighted by Gasteiger charge is 2.42. The number of nitrogens with zero attached hydrogens (tertiary/aromatic N) is 2. The van der Waals surface area contributed by atoms with E-state index in [0.717, 1.165) is 19.4 Å². The van der Waals surface area contributed by atoms with Gasteiger partial charge in [0.2, 0.25) is 5.91 Å². The van der Waals surface area contributed by atoms with Gasteiger partial charge in [-0.3, -0.25) is 9.59 Å². The van der Waals surface area contributed by atoms with Gasteiger partial charge in [-0.1, -0.05) is 0 Å². The highest BCUT2D eigenvalue weighted by molar-refractivity contribution is 5.95. The van der Waals surface area contributed by atoms with E-state index in [2.05, 4.69) is 0 Å². The number of hydrogen-bond acceptors (Lipinski definition) is 4. The molecule has 2 amide bonds. The van der Waals surface area contributed by atoms with Crippen LogP contribution < -0.4 is 9.47 Å². The molecule has 2 aliphatic rings. The summed E-state index contributed by atoms with van der Waals surface area (Å²) in [6, 6.07) is 5.50. The SMILES string of the molecule is COc1cc(C(=O)N(C)[C@@H]2C[C@@H]3CC(=O)N(C)C[C@@H]3C2)ccc1OC(C)C. The fourth-order valence-electron chi connectivity index (χ4n) is 4.32. The van der Waals surface area contributed by atoms with Crippen LogP contribution in [-0.2, 0) is 4.79 Å². The van der Waals surface area contributed by atoms with E-state index in [1.807, 2.05) is 37.7 Å². The molecule has 6 heteroatoms. The number of methoxy groups -OCH3 is 1. The number of carbonyl (C=O) groups is 2. The van der Waals surface area contributed by atoms with Crippen LogP contribution in [0.15, 0.2) is 18.2 Å². The van der Waals surface area contributed by atoms with Crippen molar-refractivity contribution in [2.45, 2.75) is 45.3 Å². The van der Waals surface area contributed by atoms with E-state index in [1.165, 1.54) is 0 Å². The minimum absolute atomic E-state index is 0.0206. The summed E-state index contributed by atoms with van der Waals surface area (Å²) in [6.45, 7) is 4.71. The van der Waals surface area contributed by atoms with Crippen LogP contribution in [0.25, 0.3) is 0 Å². The molecule has 1 saturated heterocycles. The zero-order valence-corrected chi connectivity index (χ0v) is 16.9. The molecule has 1 aliphatic carbocycles. The highest BCUT2D eigenvalue weighted by Crippen LogP contribution is 2.40. The molecule has 3 rings (SSSR count). The molecule has 1 aromatic rings. The summed E-state index contributed by atoms with van der Waals surface area (Å²) in [5, 5.41) is 0. The lowest BCUT2D eigenvalue weighted by Gasteiger charge is -2.31. The number of hydrogen-bond donors (Lipinski definition) is 0. The molecule has 0 radical (unpaired) electrons. The second-order valence-corrected chi connectivity index (χ2v) is 8.07. The van der Waals surface area contributed by atoms with E-state index in [9.17, 15) is 9.59 Å². The first kappa shape index (κ1) is 19.5. The molecule has 0 N–H and O–H groups in total. The summed E-state index contributed by atoms with van der Waals surface area (Å²) in [7, 11) is 5.31. The minimum Gasteiger partial charge on any atom is -0.493 e. The number of ether oxygens (including phenoxy) is 2. The van der Waals surface area contributed by atoms with Crippen LogP contribution in [0.4, 0.5) is 0 Å². The normalized spacial score (nSPS) is 24.7. The second-order valence-electron chi connectivity index (χ2n) is 8.07. The van der Waals surface area contributed by atoms with Crippen LogP contribution in [0.5, 0.6) is 11.5 Å². The van der Waals surface area contributed by atoms with Crippen molar-refractivity contribution in [1.82, 2.24) is 9.80 Å². The Morgan fingerprint density at radius 1 is 1.22 bits per heavy atom. The van der Waals surface area contributed by atoms with Gasteiger partial charge in [-0.2, -0.15) is 0 Å². The van der Waals surface area contributed by atoms with E-state index >= 15 is 0 Å². The Morgan fingerprint density at radius 3 is 2.59 bits per heavy atom. The average molecular weight is 374 g/mol. The summed E-state index contributed by atoms with van der Waals surface area (Å²) in [4.78, 5) is 28.6. The van der Waals surface area contributed by atoms with Gasteiger partial charge in [0.25, 0.3) is 5.91 Å². The van der Waals surface area contributed by atoms with Gasteiger partial charge in [0.15, 0.2) is 11.5 Å². The van der Waals surface area contributed by atoms with Crippen molar-refractivity contribution in [2.75, 3.05) is 27.7 Å². The molecule has 0 bridgehead atoms. The summed E-state index contributed by atoms with van der Waals surface area (Å²) in [6.07, 6.45) is 2.49. The van der Waals surface area contributed by atoms with Crippen molar-refractivity contribution in [1.29, 1.82) is 0 Å². The Kier molecular flexibility index (Phi) is 5.63. The van der Waals surface area contributed by atoms with Gasteiger partial charge in [0.1, 0.15) is 0 Å². The summed E-state index contributed by atoms with van der Waals surface area (Å²) in [5.41, 5.74) is 0.591. The third-order valence-electron chi connectivity index (χ3n) is 5.83. The standard InChI is InChI=1S/C21H30N2O4/c1-13(2)27-18-7-6-14(10-19(18)26-5)21(25)23(4)17-8-15-11-20(24)22(3)12-16(15)9-17/h6-7,10,13,15-17H,8-9,11-12H2,1-5H3/t15-,16+,17-/m1/s1. The van der Waals surface area contributed by atoms with Crippen molar-refractivity contribution in [2.24, 2.45) is 11.8 Å². The molecule has 0 aromatic heterocycles. The van der Waals surface area contributed by atoms with E-state index in [-0.39, 0.29) is 24.0 Å². The van der Waals surface area contributed by atoms with E-state index in [4.69, 9.17) is 9.47 Å². The Balaban J connectivity index is 1.71. The number of amides is 2. The maximum Gasteiger partial charge on any atom is 0.253 e. The van der Waals surface area contributed by atoms with Gasteiger partial charge < -0.3 is 19.3 Å². The van der Waals surface area contributed by atoms with E-state index < -0.39 is 0 Å². The fraction of sp³-hybridized carbons (Fsp3) is 0.619. The third-order valence-corrected chi connectivity index (χ3v) is 5.83. The molecule has 3 atom stereocenters. The molecular formula is C21H30N2O4. The van der Waals surface area contributed by atoms with Crippen LogP contribution in [0.3, 0.4) is 0 Å². The van der Waals surface area contributed by atoms with Gasteiger partial charge >= 0.3 is 0 Å². The van der Waals surface area contributed by atoms with Gasteiger partial charge in [0, 0.05) is 38.7 Å². The first-order chi connectivity index (χ1) is 12.8. The number of benzene rings is 1. The first-order valence-corrected chi connectivity index (χ1v) is 9.66. The van der Waals surface area contributed by atoms with Gasteiger partial charge in [-0.05, 0) is 56.7 Å². The predicted octanol–water partition coefficient (Wildman–Crippen LogP) is 2.81. The molecule has 0 unspecified atom stereocenters. The summed E-state index contributed by atoms with van der Waals surface area (Å²) >= 11 is 0. The molecule has 1 aliphatic heterocycles. The van der Waals surface area contributed by atoms with Crippen molar-refractivity contribution >= 4 is 11.8 Å². The lowest BCUT2D eigenvalue weighted by atomic mass is 9.88. The summed E-state index contributed by atoms with van der Waals surface area (Å²) < 4.78 is 11.1. The first-order valence-electron chi connectivity index (χ1n) is 9.66. The number of fused-ring (bicyclic) bond motifs is 1. The summed E-state index contributed by atoms with van der Waals surface area (Å²) in [5.74, 6) is 2.29. The molecule has 148 valence electrons. The van der Waals surface area contributed by atoms with Crippen molar-refractivity contribution < 1.29 is 19.1 Å². The monoisotopic (exact) mass is 374 g/mol. The number of piperidine rings is 1. The van der Waals surface area contributed by atoms with E-state index in [1.54, 1.807) is 25.3 Å². The predicted molar refractivity (Wildman–Crippen MR) is 103 cm³/mol. The van der Waals surface area contributed by atoms with Crippen LogP contribution in [0, 0.1) is 11.8 Å². The average Bonchev–Trinajstić information content (AvgIpc) is 3.03. The quantitative estimate of drug-likeness (QED) is 0.795. The zero-order valence-electron chi connectivity index (χ0n) is 16.9. The molecule has 1 heterocycles. The molecular weight excluding hydrogens is 344 g/mol. The molecule has 1 saturated carbocycles. The number of likely N-dealkylation sites (tertiary alicyclic amines) is 1. The smallest absolute Gasteiger partial charge is 0.253 e. The second kappa shape index (κ2) is 7.79. The van der Waals surface area contributed by atoms with Crippen molar-refractivity contribution in [3.8, 4) is 11.5 Å². The lowest BCUT2D eigenvalue weighted by molar-refractivity contribution is -0.134. The molecule has 0 spiro atoms. The maximum absolute atomic E-state index is 13.0. The van der Waals surface area contributed by atoms with Crippen LogP contribution >= 0.6 is 0 Å². The number of carbonyl (C=O) groups excluding carboxylic acids is 2. The zero-order chi connectivity index (χ0) is 19.7. The van der Waals surface area contributed by atoms with Crippen LogP contribution in [-0.4, -0.2) is 61.5 Å². The largest absolute Gasteiger partial charge is 0.493 e. The molecule has 27 heavy (non-hydrogen) atoms. The third kappa shape index (κ3) is 4.04. The van der Waals surface area contributed by atoms with Crippen molar-refractivity contribution in [3.63, 3.8) is 0 Å². The highest BCUT2D eigenvalue weighted by atomic mass is 16.5. The molecule has 6 nitrogen and oxygen atoms in total. The van der Waals surface area contributed by atoms with Gasteiger partial charge in [0.05, 0.1) is 13.2 Å². The lowest BCUT2D eigenvalue weighted by Crippen LogP contribution is -2.39.